The van der Waals surface area contributed by atoms with Gasteiger partial charge in [0, 0.05) is 25.7 Å². The fourth-order valence-corrected chi connectivity index (χ4v) is 9.03. The van der Waals surface area contributed by atoms with Gasteiger partial charge in [-0.05, 0) is 130 Å². The van der Waals surface area contributed by atoms with Gasteiger partial charge >= 0.3 is 47.8 Å². The summed E-state index contributed by atoms with van der Waals surface area (Å²) in [4.78, 5) is 180. The van der Waals surface area contributed by atoms with E-state index in [1.807, 2.05) is 0 Å². The maximum Gasteiger partial charge on any atom is 0.328 e. The normalized spacial score (nSPS) is 12.6. The molecule has 0 saturated carbocycles. The number of carbonyl (C=O) groups is 12. The maximum atomic E-state index is 15.1. The summed E-state index contributed by atoms with van der Waals surface area (Å²) in [6.07, 6.45) is 2.88. The van der Waals surface area contributed by atoms with Gasteiger partial charge in [0.15, 0.2) is 0 Å². The molecular weight excluding hydrogens is 1150 g/mol. The Morgan fingerprint density at radius 2 is 0.545 bits per heavy atom. The number of H-pyrrole nitrogens is 2. The summed E-state index contributed by atoms with van der Waals surface area (Å²) < 4.78 is 41.4. The van der Waals surface area contributed by atoms with Gasteiger partial charge in [-0.25, -0.2) is 29.1 Å². The topological polar surface area (TPSA) is 384 Å². The van der Waals surface area contributed by atoms with E-state index in [-0.39, 0.29) is 171 Å². The lowest BCUT2D eigenvalue weighted by Crippen LogP contribution is -2.43. The van der Waals surface area contributed by atoms with E-state index < -0.39 is 95.6 Å². The molecule has 4 unspecified atom stereocenters. The van der Waals surface area contributed by atoms with Crippen LogP contribution >= 0.6 is 0 Å². The van der Waals surface area contributed by atoms with E-state index in [0.717, 1.165) is 0 Å². The van der Waals surface area contributed by atoms with Crippen molar-refractivity contribution < 1.29 is 95.4 Å². The number of fused-ring (bicyclic) bond motifs is 8. The minimum absolute atomic E-state index is 0.0328. The lowest BCUT2D eigenvalue weighted by Gasteiger charge is -2.18. The second kappa shape index (κ2) is 34.4. The highest BCUT2D eigenvalue weighted by atomic mass is 16.6. The van der Waals surface area contributed by atoms with E-state index in [1.54, 1.807) is 34.6 Å². The molecule has 0 aromatic carbocycles. The van der Waals surface area contributed by atoms with Gasteiger partial charge in [0.25, 0.3) is 23.6 Å². The standard InChI is InChI=1S/C60H74N8O20/c1-9-81-45(69)29-25-41(57(77)85-13-5)65-53(73)49-33-17-19-35(61-33)50(54(74)66-42(58(78)86-14-6)26-30-46(70)82-10-2)37-21-23-39(63-37)52(56(76)68-44(60(80)88-16-8)28-32-48(72)84-12-4)40-24-22-38(64-40)51(36-20-18-34(49)62-36)55(75)67-43(59(79)87-15-7)27-31-47(71)83-11-3/h17-24,41-44,61-62H,9-16,25-32H2,1-8H3,(H,65,73)(H,66,74)(H,67,75)(H,68,76). The summed E-state index contributed by atoms with van der Waals surface area (Å²) in [6, 6.07) is -0.332. The molecule has 0 fully saturated rings. The highest BCUT2D eigenvalue weighted by molar-refractivity contribution is 6.12. The van der Waals surface area contributed by atoms with E-state index in [4.69, 9.17) is 47.9 Å². The minimum atomic E-state index is -1.47. The Morgan fingerprint density at radius 1 is 0.330 bits per heavy atom. The van der Waals surface area contributed by atoms with Gasteiger partial charge in [-0.3, -0.25) is 38.4 Å². The Bertz CT molecular complexity index is 3190. The molecule has 4 atom stereocenters. The highest BCUT2D eigenvalue weighted by Gasteiger charge is 2.33. The predicted molar refractivity (Wildman–Crippen MR) is 314 cm³/mol. The minimum Gasteiger partial charge on any atom is -0.466 e. The molecule has 28 heteroatoms. The SMILES string of the molecule is CCOC(=O)CCC(NC(=O)c1c2nc(c(C(=O)NC(CCC(=O)OCC)C(=O)OCC)c3ccc([nH]3)c(C(=O)NC(CCC(=O)OCC)C(=O)OCC)c3ccc([nH]3)c(C(=O)NC(CCC(=O)OCC)C(=O)OCC)c3nc1C=C3)C=C2)C(=O)OCC. The van der Waals surface area contributed by atoms with Gasteiger partial charge in [-0.15, -0.1) is 0 Å². The van der Waals surface area contributed by atoms with Crippen LogP contribution in [0.3, 0.4) is 0 Å². The smallest absolute Gasteiger partial charge is 0.328 e. The van der Waals surface area contributed by atoms with Crippen molar-refractivity contribution in [2.45, 2.75) is 131 Å². The summed E-state index contributed by atoms with van der Waals surface area (Å²) >= 11 is 0. The largest absolute Gasteiger partial charge is 0.466 e. The predicted octanol–water partition coefficient (Wildman–Crippen LogP) is 4.67. The molecule has 0 aliphatic carbocycles. The molecule has 0 spiro atoms. The molecule has 88 heavy (non-hydrogen) atoms. The molecule has 3 aromatic rings. The fraction of sp³-hybridized carbons (Fsp3) is 0.467. The van der Waals surface area contributed by atoms with Gasteiger partial charge < -0.3 is 69.1 Å². The summed E-state index contributed by atoms with van der Waals surface area (Å²) in [5, 5.41) is 10.5. The van der Waals surface area contributed by atoms with E-state index in [2.05, 4.69) is 31.2 Å². The third kappa shape index (κ3) is 19.1. The molecule has 8 bridgehead atoms. The number of ether oxygens (including phenoxy) is 8. The average Bonchev–Trinajstić information content (AvgIpc) is 3.54. The Hall–Kier alpha value is -9.76. The van der Waals surface area contributed by atoms with Crippen molar-refractivity contribution in [3.63, 3.8) is 0 Å². The number of hydrogen-bond donors (Lipinski definition) is 6. The third-order valence-electron chi connectivity index (χ3n) is 12.9. The highest BCUT2D eigenvalue weighted by Crippen LogP contribution is 2.29. The quantitative estimate of drug-likeness (QED) is 0.0251. The molecule has 6 N–H and O–H groups in total. The Kier molecular flexibility index (Phi) is 27.0. The van der Waals surface area contributed by atoms with Crippen LogP contribution in [-0.2, 0) is 76.3 Å². The van der Waals surface area contributed by atoms with Crippen molar-refractivity contribution in [3.05, 3.63) is 69.3 Å². The Balaban J connectivity index is 1.94. The first-order valence-electron chi connectivity index (χ1n) is 28.9. The zero-order chi connectivity index (χ0) is 64.5. The van der Waals surface area contributed by atoms with Crippen LogP contribution in [0.15, 0.2) is 24.3 Å². The van der Waals surface area contributed by atoms with Gasteiger partial charge in [-0.2, -0.15) is 0 Å². The maximum absolute atomic E-state index is 15.1. The van der Waals surface area contributed by atoms with Gasteiger partial charge in [0.05, 0.1) is 120 Å². The zero-order valence-electron chi connectivity index (χ0n) is 50.3. The molecule has 28 nitrogen and oxygen atoms in total. The lowest BCUT2D eigenvalue weighted by atomic mass is 10.1. The van der Waals surface area contributed by atoms with Crippen LogP contribution in [0, 0.1) is 0 Å². The number of nitrogens with one attached hydrogen (secondary N) is 6. The molecular formula is C60H74N8O20. The van der Waals surface area contributed by atoms with Crippen LogP contribution in [0.5, 0.6) is 0 Å². The number of aromatic amines is 2. The summed E-state index contributed by atoms with van der Waals surface area (Å²) in [6.45, 7) is 12.2. The van der Waals surface area contributed by atoms with Crippen molar-refractivity contribution >= 4 is 118 Å². The van der Waals surface area contributed by atoms with Crippen molar-refractivity contribution in [1.82, 2.24) is 41.2 Å². The Morgan fingerprint density at radius 3 is 0.795 bits per heavy atom. The second-order valence-corrected chi connectivity index (χ2v) is 19.0. The molecule has 474 valence electrons. The molecule has 0 radical (unpaired) electrons. The van der Waals surface area contributed by atoms with E-state index in [0.29, 0.717) is 0 Å². The number of hydrogen-bond acceptors (Lipinski definition) is 22. The summed E-state index contributed by atoms with van der Waals surface area (Å²) in [5.74, 6) is -10.3. The lowest BCUT2D eigenvalue weighted by molar-refractivity contribution is -0.148. The van der Waals surface area contributed by atoms with Crippen molar-refractivity contribution in [1.29, 1.82) is 0 Å². The van der Waals surface area contributed by atoms with Crippen LogP contribution < -0.4 is 21.3 Å². The average molecular weight is 1230 g/mol. The van der Waals surface area contributed by atoms with Crippen LogP contribution in [0.4, 0.5) is 0 Å². The first kappa shape index (κ1) is 69.0. The number of aromatic nitrogens is 4. The second-order valence-electron chi connectivity index (χ2n) is 19.0. The molecule has 4 amide bonds. The molecule has 5 rings (SSSR count). The zero-order valence-corrected chi connectivity index (χ0v) is 50.3. The monoisotopic (exact) mass is 1230 g/mol. The van der Waals surface area contributed by atoms with Crippen molar-refractivity contribution in [3.8, 4) is 0 Å². The van der Waals surface area contributed by atoms with Crippen LogP contribution in [0.25, 0.3) is 46.4 Å². The molecule has 5 heterocycles. The first-order chi connectivity index (χ1) is 42.2. The van der Waals surface area contributed by atoms with Gasteiger partial charge in [0.1, 0.15) is 24.2 Å². The van der Waals surface area contributed by atoms with Gasteiger partial charge in [0.2, 0.25) is 0 Å². The number of amides is 4. The number of esters is 8. The molecule has 3 aromatic heterocycles. The van der Waals surface area contributed by atoms with E-state index >= 15 is 19.2 Å². The van der Waals surface area contributed by atoms with Crippen molar-refractivity contribution in [2.24, 2.45) is 0 Å². The molecule has 2 aliphatic rings. The van der Waals surface area contributed by atoms with E-state index in [1.165, 1.54) is 69.3 Å². The number of carbonyl (C=O) groups excluding carboxylic acids is 12. The Labute approximate surface area is 505 Å². The number of rotatable bonds is 32. The van der Waals surface area contributed by atoms with Gasteiger partial charge in [-0.1, -0.05) is 0 Å². The van der Waals surface area contributed by atoms with E-state index in [9.17, 15) is 38.4 Å². The molecule has 2 aliphatic heterocycles. The van der Waals surface area contributed by atoms with Crippen LogP contribution in [0.1, 0.15) is 171 Å². The van der Waals surface area contributed by atoms with Crippen LogP contribution in [-0.4, -0.2) is 168 Å². The number of nitrogens with zero attached hydrogens (tertiary/aromatic N) is 2. The summed E-state index contributed by atoms with van der Waals surface area (Å²) in [7, 11) is 0. The summed E-state index contributed by atoms with van der Waals surface area (Å²) in [5.41, 5.74) is -2.34. The fourth-order valence-electron chi connectivity index (χ4n) is 9.03. The van der Waals surface area contributed by atoms with Crippen LogP contribution in [0.2, 0.25) is 0 Å². The molecule has 0 saturated heterocycles. The van der Waals surface area contributed by atoms with Crippen molar-refractivity contribution in [2.75, 3.05) is 52.9 Å². The third-order valence-corrected chi connectivity index (χ3v) is 12.9. The first-order valence-corrected chi connectivity index (χ1v) is 28.9.